The Labute approximate surface area is 115 Å². The molecule has 0 aliphatic heterocycles. The van der Waals surface area contributed by atoms with E-state index in [2.05, 4.69) is 0 Å². The number of hydrogen-bond acceptors (Lipinski definition) is 3. The van der Waals surface area contributed by atoms with E-state index in [-0.39, 0.29) is 11.9 Å². The second-order valence-electron chi connectivity index (χ2n) is 5.27. The van der Waals surface area contributed by atoms with Crippen LogP contribution in [0.4, 0.5) is 0 Å². The van der Waals surface area contributed by atoms with E-state index >= 15 is 0 Å². The third-order valence-electron chi connectivity index (χ3n) is 3.69. The van der Waals surface area contributed by atoms with E-state index in [1.165, 1.54) is 0 Å². The van der Waals surface area contributed by atoms with Gasteiger partial charge in [-0.2, -0.15) is 0 Å². The van der Waals surface area contributed by atoms with Crippen molar-refractivity contribution in [1.82, 2.24) is 0 Å². The van der Waals surface area contributed by atoms with Crippen LogP contribution >= 0.6 is 0 Å². The zero-order valence-corrected chi connectivity index (χ0v) is 12.2. The first kappa shape index (κ1) is 15.7. The molecule has 1 aromatic carbocycles. The number of hydrogen-bond donors (Lipinski definition) is 1. The van der Waals surface area contributed by atoms with Crippen molar-refractivity contribution in [3.63, 3.8) is 0 Å². The van der Waals surface area contributed by atoms with Gasteiger partial charge in [0.1, 0.15) is 5.75 Å². The molecule has 3 nitrogen and oxygen atoms in total. The minimum absolute atomic E-state index is 0.0288. The topological polar surface area (TPSA) is 46.5 Å². The molecular weight excluding hydrogens is 240 g/mol. The van der Waals surface area contributed by atoms with Crippen LogP contribution in [0, 0.1) is 11.8 Å². The van der Waals surface area contributed by atoms with Gasteiger partial charge in [-0.05, 0) is 30.9 Å². The van der Waals surface area contributed by atoms with Crippen LogP contribution in [-0.2, 0) is 4.79 Å². The van der Waals surface area contributed by atoms with Crippen molar-refractivity contribution in [3.8, 4) is 5.75 Å². The molecule has 0 aromatic heterocycles. The van der Waals surface area contributed by atoms with Crippen LogP contribution in [0.2, 0.25) is 0 Å². The Morgan fingerprint density at radius 3 is 2.16 bits per heavy atom. The van der Waals surface area contributed by atoms with Gasteiger partial charge in [0, 0.05) is 0 Å². The molecule has 0 saturated carbocycles. The van der Waals surface area contributed by atoms with Crippen LogP contribution in [0.15, 0.2) is 30.3 Å². The van der Waals surface area contributed by atoms with Gasteiger partial charge in [-0.15, -0.1) is 0 Å². The predicted molar refractivity (Wildman–Crippen MR) is 75.9 cm³/mol. The monoisotopic (exact) mass is 264 g/mol. The standard InChI is InChI=1S/C16H24O3/c1-5-16(18,6-2)14(12(3)4)15(17)19-13-10-8-7-9-11-13/h7-12,14,18H,5-6H2,1-4H3. The number of para-hydroxylation sites is 1. The van der Waals surface area contributed by atoms with Gasteiger partial charge in [0.25, 0.3) is 0 Å². The summed E-state index contributed by atoms with van der Waals surface area (Å²) in [5.74, 6) is -0.316. The first-order chi connectivity index (χ1) is 8.94. The van der Waals surface area contributed by atoms with Gasteiger partial charge in [-0.1, -0.05) is 45.9 Å². The molecule has 0 amide bonds. The van der Waals surface area contributed by atoms with Crippen molar-refractivity contribution in [2.24, 2.45) is 11.8 Å². The molecule has 0 bridgehead atoms. The van der Waals surface area contributed by atoms with Crippen LogP contribution in [0.3, 0.4) is 0 Å². The normalized spacial score (nSPS) is 13.4. The number of esters is 1. The lowest BCUT2D eigenvalue weighted by molar-refractivity contribution is -0.153. The van der Waals surface area contributed by atoms with Gasteiger partial charge in [0.05, 0.1) is 11.5 Å². The van der Waals surface area contributed by atoms with E-state index in [1.54, 1.807) is 12.1 Å². The summed E-state index contributed by atoms with van der Waals surface area (Å²) < 4.78 is 5.39. The second-order valence-corrected chi connectivity index (χ2v) is 5.27. The second kappa shape index (κ2) is 6.71. The maximum Gasteiger partial charge on any atom is 0.317 e. The molecule has 0 aliphatic carbocycles. The fourth-order valence-electron chi connectivity index (χ4n) is 2.47. The van der Waals surface area contributed by atoms with Gasteiger partial charge in [0.15, 0.2) is 0 Å². The molecule has 1 N–H and O–H groups in total. The van der Waals surface area contributed by atoms with Gasteiger partial charge in [-0.25, -0.2) is 0 Å². The molecule has 0 saturated heterocycles. The SMILES string of the molecule is CCC(O)(CC)C(C(=O)Oc1ccccc1)C(C)C. The molecule has 3 heteroatoms. The summed E-state index contributed by atoms with van der Waals surface area (Å²) in [5.41, 5.74) is -1.000. The predicted octanol–water partition coefficient (Wildman–Crippen LogP) is 3.42. The Hall–Kier alpha value is -1.35. The number of aliphatic hydroxyl groups is 1. The zero-order valence-electron chi connectivity index (χ0n) is 12.2. The minimum Gasteiger partial charge on any atom is -0.426 e. The highest BCUT2D eigenvalue weighted by molar-refractivity contribution is 5.76. The number of carbonyl (C=O) groups is 1. The molecular formula is C16H24O3. The van der Waals surface area contributed by atoms with E-state index in [1.807, 2.05) is 45.9 Å². The van der Waals surface area contributed by atoms with Gasteiger partial charge < -0.3 is 9.84 Å². The molecule has 0 aliphatic rings. The Bertz CT molecular complexity index is 394. The molecule has 1 aromatic rings. The highest BCUT2D eigenvalue weighted by Crippen LogP contribution is 2.32. The smallest absolute Gasteiger partial charge is 0.317 e. The molecule has 0 fully saturated rings. The van der Waals surface area contributed by atoms with Crippen molar-refractivity contribution in [1.29, 1.82) is 0 Å². The first-order valence-corrected chi connectivity index (χ1v) is 6.93. The first-order valence-electron chi connectivity index (χ1n) is 6.93. The highest BCUT2D eigenvalue weighted by atomic mass is 16.5. The number of benzene rings is 1. The number of carbonyl (C=O) groups excluding carboxylic acids is 1. The average Bonchev–Trinajstić information content (AvgIpc) is 2.39. The molecule has 0 radical (unpaired) electrons. The van der Waals surface area contributed by atoms with Gasteiger partial charge in [0.2, 0.25) is 0 Å². The summed E-state index contributed by atoms with van der Waals surface area (Å²) in [4.78, 5) is 12.3. The quantitative estimate of drug-likeness (QED) is 0.632. The fraction of sp³-hybridized carbons (Fsp3) is 0.562. The van der Waals surface area contributed by atoms with Crippen molar-refractivity contribution >= 4 is 5.97 Å². The fourth-order valence-corrected chi connectivity index (χ4v) is 2.47. The molecule has 19 heavy (non-hydrogen) atoms. The molecule has 1 rings (SSSR count). The highest BCUT2D eigenvalue weighted by Gasteiger charge is 2.41. The maximum atomic E-state index is 12.3. The summed E-state index contributed by atoms with van der Waals surface area (Å²) in [6.45, 7) is 7.67. The molecule has 1 atom stereocenters. The Balaban J connectivity index is 2.91. The molecule has 1 unspecified atom stereocenters. The van der Waals surface area contributed by atoms with E-state index < -0.39 is 11.5 Å². The lowest BCUT2D eigenvalue weighted by atomic mass is 9.76. The molecule has 106 valence electrons. The van der Waals surface area contributed by atoms with Crippen LogP contribution in [0.5, 0.6) is 5.75 Å². The summed E-state index contributed by atoms with van der Waals surface area (Å²) in [7, 11) is 0. The third kappa shape index (κ3) is 3.80. The largest absolute Gasteiger partial charge is 0.426 e. The third-order valence-corrected chi connectivity index (χ3v) is 3.69. The summed E-state index contributed by atoms with van der Waals surface area (Å²) in [6.07, 6.45) is 1.08. The summed E-state index contributed by atoms with van der Waals surface area (Å²) >= 11 is 0. The minimum atomic E-state index is -1.000. The lowest BCUT2D eigenvalue weighted by Gasteiger charge is -2.35. The maximum absolute atomic E-state index is 12.3. The van der Waals surface area contributed by atoms with Crippen LogP contribution in [0.25, 0.3) is 0 Å². The zero-order chi connectivity index (χ0) is 14.5. The summed E-state index contributed by atoms with van der Waals surface area (Å²) in [6, 6.07) is 8.99. The number of rotatable bonds is 6. The Morgan fingerprint density at radius 2 is 1.74 bits per heavy atom. The van der Waals surface area contributed by atoms with E-state index in [4.69, 9.17) is 4.74 Å². The Kier molecular flexibility index (Phi) is 5.55. The van der Waals surface area contributed by atoms with Crippen molar-refractivity contribution < 1.29 is 14.6 Å². The van der Waals surface area contributed by atoms with E-state index in [9.17, 15) is 9.90 Å². The van der Waals surface area contributed by atoms with Crippen molar-refractivity contribution in [3.05, 3.63) is 30.3 Å². The van der Waals surface area contributed by atoms with Crippen molar-refractivity contribution in [2.45, 2.75) is 46.1 Å². The average molecular weight is 264 g/mol. The van der Waals surface area contributed by atoms with Gasteiger partial charge in [-0.3, -0.25) is 4.79 Å². The summed E-state index contributed by atoms with van der Waals surface area (Å²) in [5, 5.41) is 10.6. The lowest BCUT2D eigenvalue weighted by Crippen LogP contribution is -2.46. The van der Waals surface area contributed by atoms with Crippen LogP contribution in [0.1, 0.15) is 40.5 Å². The van der Waals surface area contributed by atoms with Crippen LogP contribution in [-0.4, -0.2) is 16.7 Å². The van der Waals surface area contributed by atoms with E-state index in [0.717, 1.165) is 0 Å². The molecule has 0 heterocycles. The molecule has 0 spiro atoms. The van der Waals surface area contributed by atoms with Crippen LogP contribution < -0.4 is 4.74 Å². The number of ether oxygens (including phenoxy) is 1. The van der Waals surface area contributed by atoms with E-state index in [0.29, 0.717) is 18.6 Å². The Morgan fingerprint density at radius 1 is 1.21 bits per heavy atom. The van der Waals surface area contributed by atoms with Crippen molar-refractivity contribution in [2.75, 3.05) is 0 Å². The van der Waals surface area contributed by atoms with Gasteiger partial charge >= 0.3 is 5.97 Å².